The molecule has 2 aliphatic rings. The second kappa shape index (κ2) is 9.72. The number of esters is 1. The number of carbonyl (C=O) groups is 2. The predicted molar refractivity (Wildman–Crippen MR) is 131 cm³/mol. The number of ketones is 1. The third kappa shape index (κ3) is 4.28. The molecule has 0 saturated heterocycles. The minimum atomic E-state index is -0.646. The largest absolute Gasteiger partial charge is 0.493 e. The van der Waals surface area contributed by atoms with Gasteiger partial charge in [0.15, 0.2) is 17.3 Å². The Kier molecular flexibility index (Phi) is 6.91. The molecule has 0 radical (unpaired) electrons. The Morgan fingerprint density at radius 2 is 1.74 bits per heavy atom. The summed E-state index contributed by atoms with van der Waals surface area (Å²) in [6, 6.07) is 10.8. The number of hydrogen-bond donors (Lipinski definition) is 1. The molecule has 0 amide bonds. The number of nitrogens with one attached hydrogen (secondary N) is 1. The number of halogens is 2. The Bertz CT molecular complexity index is 1230. The minimum absolute atomic E-state index is 0.0570. The van der Waals surface area contributed by atoms with E-state index in [1.54, 1.807) is 39.3 Å². The molecule has 0 aromatic heterocycles. The van der Waals surface area contributed by atoms with Crippen LogP contribution in [0.4, 0.5) is 0 Å². The molecule has 4 rings (SSSR count). The number of methoxy groups -OCH3 is 3. The first-order chi connectivity index (χ1) is 16.3. The summed E-state index contributed by atoms with van der Waals surface area (Å²) >= 11 is 12.7. The zero-order valence-corrected chi connectivity index (χ0v) is 20.8. The first-order valence-electron chi connectivity index (χ1n) is 10.8. The van der Waals surface area contributed by atoms with Gasteiger partial charge < -0.3 is 19.5 Å². The lowest BCUT2D eigenvalue weighted by Gasteiger charge is -2.37. The van der Waals surface area contributed by atoms with Gasteiger partial charge in [0.05, 0.1) is 26.9 Å². The van der Waals surface area contributed by atoms with Crippen molar-refractivity contribution in [3.8, 4) is 11.5 Å². The van der Waals surface area contributed by atoms with Gasteiger partial charge in [-0.05, 0) is 54.7 Å². The van der Waals surface area contributed by atoms with E-state index in [0.29, 0.717) is 50.4 Å². The van der Waals surface area contributed by atoms with Crippen LogP contribution in [0.15, 0.2) is 58.9 Å². The molecule has 6 nitrogen and oxygen atoms in total. The topological polar surface area (TPSA) is 73.9 Å². The first-order valence-corrected chi connectivity index (χ1v) is 11.5. The molecule has 178 valence electrons. The Morgan fingerprint density at radius 1 is 1.00 bits per heavy atom. The Balaban J connectivity index is 1.80. The number of carbonyl (C=O) groups excluding carboxylic acids is 2. The number of hydrogen-bond acceptors (Lipinski definition) is 6. The van der Waals surface area contributed by atoms with Crippen molar-refractivity contribution in [2.75, 3.05) is 21.3 Å². The van der Waals surface area contributed by atoms with Gasteiger partial charge in [-0.15, -0.1) is 0 Å². The van der Waals surface area contributed by atoms with Crippen molar-refractivity contribution in [3.05, 3.63) is 80.1 Å². The van der Waals surface area contributed by atoms with Crippen LogP contribution in [0.5, 0.6) is 11.5 Å². The second-order valence-corrected chi connectivity index (χ2v) is 9.13. The highest BCUT2D eigenvalue weighted by Gasteiger charge is 2.42. The third-order valence-electron chi connectivity index (χ3n) is 6.39. The highest BCUT2D eigenvalue weighted by Crippen LogP contribution is 2.48. The molecule has 1 aliphatic carbocycles. The molecule has 8 heteroatoms. The summed E-state index contributed by atoms with van der Waals surface area (Å²) < 4.78 is 15.9. The molecule has 0 bridgehead atoms. The van der Waals surface area contributed by atoms with E-state index < -0.39 is 11.9 Å². The number of ether oxygens (including phenoxy) is 3. The van der Waals surface area contributed by atoms with E-state index in [-0.39, 0.29) is 18.1 Å². The fourth-order valence-corrected chi connectivity index (χ4v) is 5.33. The summed E-state index contributed by atoms with van der Waals surface area (Å²) in [6.07, 6.45) is 0.870. The molecule has 2 aromatic rings. The molecule has 1 aliphatic heterocycles. The Hall–Kier alpha value is -2.96. The van der Waals surface area contributed by atoms with Gasteiger partial charge in [0.25, 0.3) is 0 Å². The molecule has 1 heterocycles. The van der Waals surface area contributed by atoms with Crippen LogP contribution in [0.1, 0.15) is 42.7 Å². The molecule has 1 N–H and O–H groups in total. The summed E-state index contributed by atoms with van der Waals surface area (Å²) in [4.78, 5) is 26.4. The van der Waals surface area contributed by atoms with Gasteiger partial charge >= 0.3 is 5.97 Å². The molecule has 0 fully saturated rings. The SMILES string of the molecule is COC(=O)C1=C(C)NC2=C(C(=O)C[C@H](c3ccc(OC)c(OC)c3)C2)[C@H]1c1ccc(Cl)cc1Cl. The van der Waals surface area contributed by atoms with E-state index in [9.17, 15) is 9.59 Å². The van der Waals surface area contributed by atoms with Crippen LogP contribution >= 0.6 is 23.2 Å². The molecule has 0 spiro atoms. The standard InChI is InChI=1S/C26H25Cl2NO5/c1-13-23(26(31)34-4)24(17-7-6-16(27)12-18(17)28)25-19(29-13)9-15(10-20(25)30)14-5-8-21(32-2)22(11-14)33-3/h5-8,11-12,15,24,29H,9-10H2,1-4H3/t15-,24+/m1/s1. The van der Waals surface area contributed by atoms with Gasteiger partial charge in [-0.25, -0.2) is 4.79 Å². The second-order valence-electron chi connectivity index (χ2n) is 8.29. The molecular formula is C26H25Cl2NO5. The van der Waals surface area contributed by atoms with Crippen molar-refractivity contribution in [1.29, 1.82) is 0 Å². The fraction of sp³-hybridized carbons (Fsp3) is 0.308. The molecule has 2 aromatic carbocycles. The van der Waals surface area contributed by atoms with Crippen molar-refractivity contribution >= 4 is 35.0 Å². The van der Waals surface area contributed by atoms with E-state index >= 15 is 0 Å². The smallest absolute Gasteiger partial charge is 0.336 e. The normalized spacial score (nSPS) is 20.0. The number of Topliss-reactive ketones (excluding diaryl/α,β-unsaturated/α-hetero) is 1. The van der Waals surface area contributed by atoms with Crippen LogP contribution in [-0.2, 0) is 14.3 Å². The summed E-state index contributed by atoms with van der Waals surface area (Å²) in [5.41, 5.74) is 3.91. The van der Waals surface area contributed by atoms with Gasteiger partial charge in [-0.1, -0.05) is 35.3 Å². The highest BCUT2D eigenvalue weighted by atomic mass is 35.5. The summed E-state index contributed by atoms with van der Waals surface area (Å²) in [7, 11) is 4.49. The maximum Gasteiger partial charge on any atom is 0.336 e. The van der Waals surface area contributed by atoms with E-state index in [1.165, 1.54) is 7.11 Å². The van der Waals surface area contributed by atoms with Crippen LogP contribution in [0, 0.1) is 0 Å². The zero-order valence-electron chi connectivity index (χ0n) is 19.3. The molecule has 0 saturated carbocycles. The monoisotopic (exact) mass is 501 g/mol. The minimum Gasteiger partial charge on any atom is -0.493 e. The molecule has 0 unspecified atom stereocenters. The van der Waals surface area contributed by atoms with Crippen molar-refractivity contribution in [1.82, 2.24) is 5.32 Å². The van der Waals surface area contributed by atoms with Crippen molar-refractivity contribution in [2.45, 2.75) is 31.6 Å². The van der Waals surface area contributed by atoms with Crippen LogP contribution in [0.2, 0.25) is 10.0 Å². The van der Waals surface area contributed by atoms with Gasteiger partial charge in [-0.2, -0.15) is 0 Å². The first kappa shape index (κ1) is 24.2. The fourth-order valence-electron chi connectivity index (χ4n) is 4.81. The molecule has 2 atom stereocenters. The summed E-state index contributed by atoms with van der Waals surface area (Å²) in [5, 5.41) is 4.17. The Labute approximate surface area is 208 Å². The lowest BCUT2D eigenvalue weighted by atomic mass is 9.71. The van der Waals surface area contributed by atoms with Gasteiger partial charge in [-0.3, -0.25) is 4.79 Å². The number of rotatable bonds is 5. The van der Waals surface area contributed by atoms with Crippen molar-refractivity contribution in [2.24, 2.45) is 0 Å². The zero-order chi connectivity index (χ0) is 24.6. The van der Waals surface area contributed by atoms with E-state index in [0.717, 1.165) is 11.3 Å². The van der Waals surface area contributed by atoms with Crippen LogP contribution < -0.4 is 14.8 Å². The lowest BCUT2D eigenvalue weighted by Crippen LogP contribution is -2.36. The van der Waals surface area contributed by atoms with Crippen LogP contribution in [0.3, 0.4) is 0 Å². The molecular weight excluding hydrogens is 477 g/mol. The van der Waals surface area contributed by atoms with E-state index in [2.05, 4.69) is 5.32 Å². The molecule has 34 heavy (non-hydrogen) atoms. The number of dihydropyridines is 1. The van der Waals surface area contributed by atoms with Gasteiger partial charge in [0.1, 0.15) is 0 Å². The quantitative estimate of drug-likeness (QED) is 0.541. The average Bonchev–Trinajstić information content (AvgIpc) is 2.82. The third-order valence-corrected chi connectivity index (χ3v) is 6.95. The lowest BCUT2D eigenvalue weighted by molar-refractivity contribution is -0.136. The maximum atomic E-state index is 13.6. The number of benzene rings is 2. The number of allylic oxidation sites excluding steroid dienone is 3. The average molecular weight is 502 g/mol. The van der Waals surface area contributed by atoms with Gasteiger partial charge in [0, 0.05) is 39.4 Å². The van der Waals surface area contributed by atoms with Crippen molar-refractivity contribution in [3.63, 3.8) is 0 Å². The Morgan fingerprint density at radius 3 is 2.38 bits per heavy atom. The van der Waals surface area contributed by atoms with Gasteiger partial charge in [0.2, 0.25) is 0 Å². The highest BCUT2D eigenvalue weighted by molar-refractivity contribution is 6.35. The van der Waals surface area contributed by atoms with E-state index in [1.807, 2.05) is 18.2 Å². The predicted octanol–water partition coefficient (Wildman–Crippen LogP) is 5.55. The summed E-state index contributed by atoms with van der Waals surface area (Å²) in [5.74, 6) is -0.0396. The van der Waals surface area contributed by atoms with Crippen LogP contribution in [-0.4, -0.2) is 33.1 Å². The van der Waals surface area contributed by atoms with E-state index in [4.69, 9.17) is 37.4 Å². The van der Waals surface area contributed by atoms with Crippen LogP contribution in [0.25, 0.3) is 0 Å². The summed E-state index contributed by atoms with van der Waals surface area (Å²) in [6.45, 7) is 1.80. The van der Waals surface area contributed by atoms with Crippen molar-refractivity contribution < 1.29 is 23.8 Å². The maximum absolute atomic E-state index is 13.6.